The molecule has 0 saturated heterocycles. The van der Waals surface area contributed by atoms with Crippen LogP contribution in [0.3, 0.4) is 0 Å². The first-order valence-corrected chi connectivity index (χ1v) is 6.40. The van der Waals surface area contributed by atoms with E-state index >= 15 is 0 Å². The van der Waals surface area contributed by atoms with Crippen molar-refractivity contribution in [3.8, 4) is 0 Å². The minimum atomic E-state index is -0.666. The second-order valence-electron chi connectivity index (χ2n) is 5.65. The summed E-state index contributed by atoms with van der Waals surface area (Å²) in [4.78, 5) is 15.4. The lowest BCUT2D eigenvalue weighted by Crippen LogP contribution is -2.14. The van der Waals surface area contributed by atoms with E-state index in [1.165, 1.54) is 17.8 Å². The molecule has 1 aromatic carbocycles. The number of rotatable bonds is 2. The van der Waals surface area contributed by atoms with Gasteiger partial charge in [-0.15, -0.1) is 0 Å². The molecule has 0 aliphatic rings. The number of pyridine rings is 1. The van der Waals surface area contributed by atoms with Crippen molar-refractivity contribution in [2.45, 2.75) is 26.2 Å². The Hall–Kier alpha value is -2.23. The van der Waals surface area contributed by atoms with Gasteiger partial charge in [-0.05, 0) is 29.2 Å². The lowest BCUT2D eigenvalue weighted by molar-refractivity contribution is 0.102. The number of hydrogen-bond acceptors (Lipinski definition) is 2. The summed E-state index contributed by atoms with van der Waals surface area (Å²) in [5, 5.41) is 2.73. The number of carbonyl (C=O) groups excluding carboxylic acids is 1. The number of nitrogens with one attached hydrogen (secondary N) is 1. The maximum Gasteiger partial charge on any atom is 0.255 e. The van der Waals surface area contributed by atoms with E-state index in [1.54, 1.807) is 0 Å². The Morgan fingerprint density at radius 1 is 1.15 bits per heavy atom. The maximum absolute atomic E-state index is 13.0. The molecule has 0 unspecified atom stereocenters. The Bertz CT molecular complexity index is 615. The fraction of sp³-hybridized carbons (Fsp3) is 0.250. The molecule has 0 fully saturated rings. The largest absolute Gasteiger partial charge is 0.322 e. The molecule has 3 nitrogen and oxygen atoms in total. The van der Waals surface area contributed by atoms with Crippen LogP contribution in [-0.4, -0.2) is 10.9 Å². The first kappa shape index (κ1) is 14.2. The SMILES string of the molecule is CC(C)(C)c1ccc(NC(=O)c2ccnc(F)c2)cc1. The molecule has 104 valence electrons. The topological polar surface area (TPSA) is 42.0 Å². The Morgan fingerprint density at radius 3 is 2.35 bits per heavy atom. The normalized spacial score (nSPS) is 11.2. The molecule has 1 aromatic heterocycles. The van der Waals surface area contributed by atoms with Crippen LogP contribution in [0.25, 0.3) is 0 Å². The van der Waals surface area contributed by atoms with Crippen molar-refractivity contribution in [3.05, 3.63) is 59.7 Å². The summed E-state index contributed by atoms with van der Waals surface area (Å²) in [5.74, 6) is -1.02. The van der Waals surface area contributed by atoms with Gasteiger partial charge in [-0.1, -0.05) is 32.9 Å². The van der Waals surface area contributed by atoms with Gasteiger partial charge in [0, 0.05) is 23.5 Å². The summed E-state index contributed by atoms with van der Waals surface area (Å²) in [6.45, 7) is 6.38. The lowest BCUT2D eigenvalue weighted by Gasteiger charge is -2.19. The number of halogens is 1. The average molecular weight is 272 g/mol. The highest BCUT2D eigenvalue weighted by atomic mass is 19.1. The fourth-order valence-electron chi connectivity index (χ4n) is 1.80. The van der Waals surface area contributed by atoms with E-state index in [1.807, 2.05) is 24.3 Å². The third-order valence-electron chi connectivity index (χ3n) is 3.00. The Kier molecular flexibility index (Phi) is 3.84. The van der Waals surface area contributed by atoms with Gasteiger partial charge < -0.3 is 5.32 Å². The van der Waals surface area contributed by atoms with E-state index in [9.17, 15) is 9.18 Å². The summed E-state index contributed by atoms with van der Waals surface area (Å²) in [6.07, 6.45) is 1.27. The number of aromatic nitrogens is 1. The molecule has 0 bridgehead atoms. The molecule has 2 rings (SSSR count). The van der Waals surface area contributed by atoms with Crippen LogP contribution in [0.1, 0.15) is 36.7 Å². The third kappa shape index (κ3) is 3.41. The Balaban J connectivity index is 2.12. The van der Waals surface area contributed by atoms with Gasteiger partial charge in [0.05, 0.1) is 0 Å². The van der Waals surface area contributed by atoms with Gasteiger partial charge >= 0.3 is 0 Å². The van der Waals surface area contributed by atoms with Crippen LogP contribution in [0.4, 0.5) is 10.1 Å². The first-order chi connectivity index (χ1) is 9.36. The van der Waals surface area contributed by atoms with Crippen LogP contribution in [0.2, 0.25) is 0 Å². The third-order valence-corrected chi connectivity index (χ3v) is 3.00. The Morgan fingerprint density at radius 2 is 1.80 bits per heavy atom. The summed E-state index contributed by atoms with van der Waals surface area (Å²) in [5.41, 5.74) is 2.18. The van der Waals surface area contributed by atoms with Gasteiger partial charge in [0.25, 0.3) is 5.91 Å². The standard InChI is InChI=1S/C16H17FN2O/c1-16(2,3)12-4-6-13(7-5-12)19-15(20)11-8-9-18-14(17)10-11/h4-10H,1-3H3,(H,19,20). The highest BCUT2D eigenvalue weighted by molar-refractivity contribution is 6.04. The number of nitrogens with zero attached hydrogens (tertiary/aromatic N) is 1. The predicted octanol–water partition coefficient (Wildman–Crippen LogP) is 3.77. The van der Waals surface area contributed by atoms with Crippen molar-refractivity contribution >= 4 is 11.6 Å². The summed E-state index contributed by atoms with van der Waals surface area (Å²) < 4.78 is 13.0. The van der Waals surface area contributed by atoms with Crippen molar-refractivity contribution in [1.82, 2.24) is 4.98 Å². The van der Waals surface area contributed by atoms with Crippen molar-refractivity contribution in [2.75, 3.05) is 5.32 Å². The minimum Gasteiger partial charge on any atom is -0.322 e. The summed E-state index contributed by atoms with van der Waals surface area (Å²) >= 11 is 0. The van der Waals surface area contributed by atoms with Crippen molar-refractivity contribution < 1.29 is 9.18 Å². The second-order valence-corrected chi connectivity index (χ2v) is 5.65. The van der Waals surface area contributed by atoms with E-state index < -0.39 is 5.95 Å². The van der Waals surface area contributed by atoms with Crippen molar-refractivity contribution in [3.63, 3.8) is 0 Å². The molecule has 2 aromatic rings. The monoisotopic (exact) mass is 272 g/mol. The van der Waals surface area contributed by atoms with Gasteiger partial charge in [-0.25, -0.2) is 4.98 Å². The first-order valence-electron chi connectivity index (χ1n) is 6.40. The lowest BCUT2D eigenvalue weighted by atomic mass is 9.87. The number of hydrogen-bond donors (Lipinski definition) is 1. The molecule has 20 heavy (non-hydrogen) atoms. The molecule has 0 atom stereocenters. The van der Waals surface area contributed by atoms with Gasteiger partial charge in [-0.2, -0.15) is 4.39 Å². The van der Waals surface area contributed by atoms with Gasteiger partial charge in [0.2, 0.25) is 5.95 Å². The zero-order valence-electron chi connectivity index (χ0n) is 11.8. The van der Waals surface area contributed by atoms with Crippen LogP contribution in [0.5, 0.6) is 0 Å². The maximum atomic E-state index is 13.0. The molecule has 0 aliphatic carbocycles. The minimum absolute atomic E-state index is 0.0662. The van der Waals surface area contributed by atoms with Crippen molar-refractivity contribution in [2.24, 2.45) is 0 Å². The molecule has 1 amide bonds. The van der Waals surface area contributed by atoms with E-state index in [0.29, 0.717) is 5.69 Å². The van der Waals surface area contributed by atoms with Crippen LogP contribution < -0.4 is 5.32 Å². The van der Waals surface area contributed by atoms with Crippen LogP contribution in [0.15, 0.2) is 42.6 Å². The van der Waals surface area contributed by atoms with Crippen LogP contribution in [-0.2, 0) is 5.41 Å². The fourth-order valence-corrected chi connectivity index (χ4v) is 1.80. The van der Waals surface area contributed by atoms with Gasteiger partial charge in [0.15, 0.2) is 0 Å². The average Bonchev–Trinajstić information content (AvgIpc) is 2.38. The van der Waals surface area contributed by atoms with Gasteiger partial charge in [0.1, 0.15) is 0 Å². The van der Waals surface area contributed by atoms with E-state index in [0.717, 1.165) is 6.07 Å². The molecule has 1 heterocycles. The van der Waals surface area contributed by atoms with Crippen LogP contribution >= 0.6 is 0 Å². The zero-order valence-corrected chi connectivity index (χ0v) is 11.8. The van der Waals surface area contributed by atoms with E-state index in [4.69, 9.17) is 0 Å². The molecule has 0 spiro atoms. The summed E-state index contributed by atoms with van der Waals surface area (Å²) in [6, 6.07) is 10.2. The second kappa shape index (κ2) is 5.41. The number of amides is 1. The summed E-state index contributed by atoms with van der Waals surface area (Å²) in [7, 11) is 0. The molecule has 1 N–H and O–H groups in total. The molecule has 4 heteroatoms. The van der Waals surface area contributed by atoms with E-state index in [-0.39, 0.29) is 16.9 Å². The highest BCUT2D eigenvalue weighted by Crippen LogP contribution is 2.23. The number of benzene rings is 1. The smallest absolute Gasteiger partial charge is 0.255 e. The highest BCUT2D eigenvalue weighted by Gasteiger charge is 2.13. The molecule has 0 saturated carbocycles. The van der Waals surface area contributed by atoms with E-state index in [2.05, 4.69) is 31.1 Å². The predicted molar refractivity (Wildman–Crippen MR) is 77.3 cm³/mol. The molecule has 0 aliphatic heterocycles. The quantitative estimate of drug-likeness (QED) is 0.845. The van der Waals surface area contributed by atoms with Crippen LogP contribution in [0, 0.1) is 5.95 Å². The molecule has 0 radical (unpaired) electrons. The van der Waals surface area contributed by atoms with Gasteiger partial charge in [-0.3, -0.25) is 4.79 Å². The van der Waals surface area contributed by atoms with Crippen molar-refractivity contribution in [1.29, 1.82) is 0 Å². The Labute approximate surface area is 117 Å². The zero-order chi connectivity index (χ0) is 14.8. The molecular weight excluding hydrogens is 255 g/mol. The molecular formula is C16H17FN2O. The number of anilines is 1. The number of carbonyl (C=O) groups is 1.